The summed E-state index contributed by atoms with van der Waals surface area (Å²) in [6.45, 7) is 6.47. The largest absolute Gasteiger partial charge is 0.378 e. The summed E-state index contributed by atoms with van der Waals surface area (Å²) in [5.41, 5.74) is 7.05. The van der Waals surface area contributed by atoms with Crippen LogP contribution >= 0.6 is 11.6 Å². The summed E-state index contributed by atoms with van der Waals surface area (Å²) in [6.07, 6.45) is 9.22. The summed E-state index contributed by atoms with van der Waals surface area (Å²) in [6, 6.07) is 26.2. The molecule has 0 saturated heterocycles. The molecule has 0 aliphatic heterocycles. The first kappa shape index (κ1) is 25.5. The van der Waals surface area contributed by atoms with Gasteiger partial charge in [-0.15, -0.1) is 11.6 Å². The third-order valence-corrected chi connectivity index (χ3v) is 8.23. The predicted octanol–water partition coefficient (Wildman–Crippen LogP) is 8.79. The van der Waals surface area contributed by atoms with Crippen LogP contribution in [0.1, 0.15) is 56.2 Å². The maximum absolute atomic E-state index is 8.06. The van der Waals surface area contributed by atoms with Crippen molar-refractivity contribution in [2.75, 3.05) is 19.0 Å². The van der Waals surface area contributed by atoms with Crippen LogP contribution < -0.4 is 4.90 Å². The Morgan fingerprint density at radius 2 is 1.14 bits per heavy atom. The number of halogens is 1. The van der Waals surface area contributed by atoms with E-state index in [1.165, 1.54) is 27.5 Å². The Labute approximate surface area is 226 Å². The molecular formula is C33H38ClN3. The third kappa shape index (κ3) is 4.55. The van der Waals surface area contributed by atoms with Gasteiger partial charge in [0.1, 0.15) is 4.87 Å². The molecule has 0 unspecified atom stereocenters. The van der Waals surface area contributed by atoms with Gasteiger partial charge in [-0.1, -0.05) is 75.2 Å². The van der Waals surface area contributed by atoms with Gasteiger partial charge < -0.3 is 14.0 Å². The number of hydrogen-bond donors (Lipinski definition) is 0. The number of aromatic nitrogens is 2. The quantitative estimate of drug-likeness (QED) is 0.171. The molecule has 0 saturated carbocycles. The molecule has 3 nitrogen and oxygen atoms in total. The number of aryl methyl sites for hydroxylation is 2. The van der Waals surface area contributed by atoms with Crippen molar-refractivity contribution in [3.05, 3.63) is 102 Å². The van der Waals surface area contributed by atoms with Crippen LogP contribution in [0.4, 0.5) is 5.69 Å². The van der Waals surface area contributed by atoms with Crippen molar-refractivity contribution in [1.82, 2.24) is 9.13 Å². The fraction of sp³-hybridized carbons (Fsp3) is 0.333. The number of fused-ring (bicyclic) bond motifs is 2. The van der Waals surface area contributed by atoms with Gasteiger partial charge in [0.15, 0.2) is 0 Å². The summed E-state index contributed by atoms with van der Waals surface area (Å²) in [5, 5.41) is 2.44. The summed E-state index contributed by atoms with van der Waals surface area (Å²) in [4.78, 5) is 1.30. The van der Waals surface area contributed by atoms with Gasteiger partial charge in [0.25, 0.3) is 0 Å². The van der Waals surface area contributed by atoms with Gasteiger partial charge in [-0.3, -0.25) is 0 Å². The van der Waals surface area contributed by atoms with E-state index < -0.39 is 4.87 Å². The lowest BCUT2D eigenvalue weighted by Gasteiger charge is -2.29. The summed E-state index contributed by atoms with van der Waals surface area (Å²) < 4.78 is 4.80. The predicted molar refractivity (Wildman–Crippen MR) is 160 cm³/mol. The molecule has 0 spiro atoms. The second-order valence-electron chi connectivity index (χ2n) is 10.3. The van der Waals surface area contributed by atoms with Gasteiger partial charge in [0.2, 0.25) is 0 Å². The number of unbranched alkanes of at least 4 members (excludes halogenated alkanes) is 2. The van der Waals surface area contributed by atoms with Crippen molar-refractivity contribution in [3.63, 3.8) is 0 Å². The van der Waals surface area contributed by atoms with Gasteiger partial charge in [-0.2, -0.15) is 0 Å². The molecule has 0 aliphatic rings. The molecule has 0 N–H and O–H groups in total. The Hall–Kier alpha value is -3.17. The van der Waals surface area contributed by atoms with E-state index in [9.17, 15) is 0 Å². The van der Waals surface area contributed by atoms with Crippen molar-refractivity contribution in [2.24, 2.45) is 0 Å². The molecule has 3 aromatic carbocycles. The molecule has 0 atom stereocenters. The highest BCUT2D eigenvalue weighted by molar-refractivity contribution is 6.30. The van der Waals surface area contributed by atoms with Crippen LogP contribution in [0.25, 0.3) is 21.8 Å². The van der Waals surface area contributed by atoms with Crippen molar-refractivity contribution in [2.45, 2.75) is 57.5 Å². The Kier molecular flexibility index (Phi) is 7.35. The Bertz CT molecular complexity index is 1400. The molecule has 2 heterocycles. The zero-order valence-electron chi connectivity index (χ0n) is 22.5. The molecule has 0 radical (unpaired) electrons. The lowest BCUT2D eigenvalue weighted by Crippen LogP contribution is -2.22. The maximum atomic E-state index is 8.06. The third-order valence-electron chi connectivity index (χ3n) is 7.61. The number of nitrogens with zero attached hydrogens (tertiary/aromatic N) is 3. The number of hydrogen-bond acceptors (Lipinski definition) is 1. The summed E-state index contributed by atoms with van der Waals surface area (Å²) in [5.74, 6) is 0. The first-order chi connectivity index (χ1) is 18.0. The minimum Gasteiger partial charge on any atom is -0.378 e. The summed E-state index contributed by atoms with van der Waals surface area (Å²) in [7, 11) is 4.15. The SMILES string of the molecule is CCCCn1cc(C(Cl)(c2ccc(N(C)C)cc2)c2cn(CCCC)c3ccccc23)c2ccccc21. The first-order valence-electron chi connectivity index (χ1n) is 13.6. The molecule has 5 aromatic rings. The monoisotopic (exact) mass is 511 g/mol. The Morgan fingerprint density at radius 3 is 1.57 bits per heavy atom. The van der Waals surface area contributed by atoms with E-state index >= 15 is 0 Å². The minimum absolute atomic E-state index is 0.834. The maximum Gasteiger partial charge on any atom is 0.123 e. The number of benzene rings is 3. The van der Waals surface area contributed by atoms with Crippen LogP contribution in [0.3, 0.4) is 0 Å². The molecule has 2 aromatic heterocycles. The molecular weight excluding hydrogens is 474 g/mol. The highest BCUT2D eigenvalue weighted by atomic mass is 35.5. The van der Waals surface area contributed by atoms with Crippen LogP contribution in [-0.2, 0) is 18.0 Å². The molecule has 5 rings (SSSR count). The number of alkyl halides is 1. The average molecular weight is 512 g/mol. The summed E-state index contributed by atoms with van der Waals surface area (Å²) >= 11 is 8.06. The normalized spacial score (nSPS) is 12.0. The smallest absolute Gasteiger partial charge is 0.123 e. The highest BCUT2D eigenvalue weighted by Crippen LogP contribution is 2.49. The molecule has 192 valence electrons. The standard InChI is InChI=1S/C33H38ClN3/c1-5-7-21-36-23-29(27-13-9-11-15-31(27)36)33(34,25-17-19-26(20-18-25)35(3)4)30-24-37(22-8-6-2)32-16-12-10-14-28(30)32/h9-20,23-24H,5-8,21-22H2,1-4H3. The van der Waals surface area contributed by atoms with E-state index in [-0.39, 0.29) is 0 Å². The van der Waals surface area contributed by atoms with Gasteiger partial charge in [0, 0.05) is 78.2 Å². The second kappa shape index (κ2) is 10.7. The topological polar surface area (TPSA) is 13.1 Å². The highest BCUT2D eigenvalue weighted by Gasteiger charge is 2.39. The molecule has 0 fully saturated rings. The van der Waals surface area contributed by atoms with Crippen molar-refractivity contribution >= 4 is 39.1 Å². The van der Waals surface area contributed by atoms with E-state index in [2.05, 4.69) is 127 Å². The number of anilines is 1. The van der Waals surface area contributed by atoms with Gasteiger partial charge in [-0.25, -0.2) is 0 Å². The van der Waals surface area contributed by atoms with Crippen molar-refractivity contribution < 1.29 is 0 Å². The van der Waals surface area contributed by atoms with Crippen molar-refractivity contribution in [3.8, 4) is 0 Å². The van der Waals surface area contributed by atoms with E-state index in [4.69, 9.17) is 11.6 Å². The van der Waals surface area contributed by atoms with E-state index in [1.54, 1.807) is 0 Å². The molecule has 4 heteroatoms. The first-order valence-corrected chi connectivity index (χ1v) is 14.0. The Morgan fingerprint density at radius 1 is 0.676 bits per heavy atom. The molecule has 37 heavy (non-hydrogen) atoms. The lowest BCUT2D eigenvalue weighted by atomic mass is 9.83. The molecule has 0 bridgehead atoms. The Balaban J connectivity index is 1.81. The fourth-order valence-corrected chi connectivity index (χ4v) is 5.94. The van der Waals surface area contributed by atoms with Gasteiger partial charge >= 0.3 is 0 Å². The minimum atomic E-state index is -0.834. The van der Waals surface area contributed by atoms with Gasteiger partial charge in [-0.05, 0) is 42.7 Å². The zero-order valence-corrected chi connectivity index (χ0v) is 23.3. The fourth-order valence-electron chi connectivity index (χ4n) is 5.51. The number of rotatable bonds is 10. The van der Waals surface area contributed by atoms with Crippen LogP contribution in [0, 0.1) is 0 Å². The van der Waals surface area contributed by atoms with E-state index in [1.807, 2.05) is 0 Å². The molecule has 0 amide bonds. The second-order valence-corrected chi connectivity index (χ2v) is 10.9. The van der Waals surface area contributed by atoms with Crippen LogP contribution in [0.15, 0.2) is 85.2 Å². The lowest BCUT2D eigenvalue weighted by molar-refractivity contribution is 0.643. The average Bonchev–Trinajstić information content (AvgIpc) is 3.50. The van der Waals surface area contributed by atoms with Crippen molar-refractivity contribution in [1.29, 1.82) is 0 Å². The zero-order chi connectivity index (χ0) is 26.0. The van der Waals surface area contributed by atoms with Crippen LogP contribution in [0.5, 0.6) is 0 Å². The van der Waals surface area contributed by atoms with E-state index in [0.29, 0.717) is 0 Å². The van der Waals surface area contributed by atoms with Crippen LogP contribution in [-0.4, -0.2) is 23.2 Å². The van der Waals surface area contributed by atoms with Gasteiger partial charge in [0.05, 0.1) is 0 Å². The molecule has 0 aliphatic carbocycles. The van der Waals surface area contributed by atoms with Crippen LogP contribution in [0.2, 0.25) is 0 Å². The van der Waals surface area contributed by atoms with E-state index in [0.717, 1.165) is 55.5 Å². The number of para-hydroxylation sites is 2.